The second-order valence-electron chi connectivity index (χ2n) is 3.12. The highest BCUT2D eigenvalue weighted by Gasteiger charge is 2.12. The number of nitrogens with one attached hydrogen (secondary N) is 1. The average molecular weight is 312 g/mol. The Bertz CT molecular complexity index is 464. The van der Waals surface area contributed by atoms with E-state index in [0.717, 1.165) is 6.07 Å². The van der Waals surface area contributed by atoms with Crippen LogP contribution in [0.15, 0.2) is 22.7 Å². The van der Waals surface area contributed by atoms with Gasteiger partial charge >= 0.3 is 0 Å². The standard InChI is InChI=1S/C9H11BrFNO3S/c10-8-3-2-7(11)6-9(8)12-16(14,15)5-1-4-13/h2-3,6,12-13H,1,4-5H2. The molecule has 0 spiro atoms. The first-order chi connectivity index (χ1) is 7.44. The number of aliphatic hydroxyl groups excluding tert-OH is 1. The third-order valence-electron chi connectivity index (χ3n) is 1.77. The smallest absolute Gasteiger partial charge is 0.232 e. The average Bonchev–Trinajstić information content (AvgIpc) is 2.20. The summed E-state index contributed by atoms with van der Waals surface area (Å²) in [5, 5.41) is 8.53. The van der Waals surface area contributed by atoms with Gasteiger partial charge in [-0.05, 0) is 40.5 Å². The van der Waals surface area contributed by atoms with Crippen molar-refractivity contribution in [2.75, 3.05) is 17.1 Å². The van der Waals surface area contributed by atoms with E-state index in [9.17, 15) is 12.8 Å². The predicted octanol–water partition coefficient (Wildman–Crippen LogP) is 1.71. The van der Waals surface area contributed by atoms with E-state index in [0.29, 0.717) is 4.47 Å². The van der Waals surface area contributed by atoms with Gasteiger partial charge in [0, 0.05) is 11.1 Å². The minimum Gasteiger partial charge on any atom is -0.396 e. The van der Waals surface area contributed by atoms with Gasteiger partial charge in [-0.25, -0.2) is 12.8 Å². The molecule has 4 nitrogen and oxygen atoms in total. The number of halogens is 2. The van der Waals surface area contributed by atoms with Crippen LogP contribution >= 0.6 is 15.9 Å². The van der Waals surface area contributed by atoms with Crippen LogP contribution < -0.4 is 4.72 Å². The molecular weight excluding hydrogens is 301 g/mol. The highest BCUT2D eigenvalue weighted by atomic mass is 79.9. The molecule has 90 valence electrons. The zero-order valence-electron chi connectivity index (χ0n) is 8.28. The molecule has 1 aromatic carbocycles. The molecule has 1 aromatic rings. The number of rotatable bonds is 5. The summed E-state index contributed by atoms with van der Waals surface area (Å²) in [6.07, 6.45) is 0.141. The van der Waals surface area contributed by atoms with Crippen molar-refractivity contribution in [3.63, 3.8) is 0 Å². The summed E-state index contributed by atoms with van der Waals surface area (Å²) in [5.74, 6) is -0.727. The van der Waals surface area contributed by atoms with E-state index in [4.69, 9.17) is 5.11 Å². The first-order valence-corrected chi connectivity index (χ1v) is 6.95. The van der Waals surface area contributed by atoms with Crippen LogP contribution in [0.5, 0.6) is 0 Å². The Morgan fingerprint density at radius 1 is 1.44 bits per heavy atom. The van der Waals surface area contributed by atoms with Gasteiger partial charge in [-0.2, -0.15) is 0 Å². The van der Waals surface area contributed by atoms with Crippen molar-refractivity contribution in [2.45, 2.75) is 6.42 Å². The second-order valence-corrected chi connectivity index (χ2v) is 5.82. The first kappa shape index (κ1) is 13.4. The molecule has 16 heavy (non-hydrogen) atoms. The number of anilines is 1. The molecule has 0 saturated heterocycles. The quantitative estimate of drug-likeness (QED) is 0.870. The largest absolute Gasteiger partial charge is 0.396 e. The molecule has 1 rings (SSSR count). The number of benzene rings is 1. The molecule has 0 amide bonds. The molecule has 0 aromatic heterocycles. The summed E-state index contributed by atoms with van der Waals surface area (Å²) < 4.78 is 38.5. The van der Waals surface area contributed by atoms with Gasteiger partial charge in [-0.3, -0.25) is 4.72 Å². The minimum atomic E-state index is -3.54. The molecule has 0 aliphatic rings. The molecule has 0 unspecified atom stereocenters. The highest BCUT2D eigenvalue weighted by Crippen LogP contribution is 2.24. The third-order valence-corrected chi connectivity index (χ3v) is 3.81. The van der Waals surface area contributed by atoms with E-state index < -0.39 is 15.8 Å². The van der Waals surface area contributed by atoms with Gasteiger partial charge in [0.1, 0.15) is 5.82 Å². The molecule has 0 aliphatic heterocycles. The number of sulfonamides is 1. The lowest BCUT2D eigenvalue weighted by Crippen LogP contribution is -2.17. The van der Waals surface area contributed by atoms with Gasteiger partial charge in [0.05, 0.1) is 11.4 Å². The Kier molecular flexibility index (Phi) is 4.69. The van der Waals surface area contributed by atoms with Gasteiger partial charge in [0.15, 0.2) is 0 Å². The van der Waals surface area contributed by atoms with E-state index >= 15 is 0 Å². The van der Waals surface area contributed by atoms with E-state index in [1.54, 1.807) is 0 Å². The molecule has 0 heterocycles. The summed E-state index contributed by atoms with van der Waals surface area (Å²) in [7, 11) is -3.54. The summed E-state index contributed by atoms with van der Waals surface area (Å²) in [5.41, 5.74) is 0.151. The molecular formula is C9H11BrFNO3S. The monoisotopic (exact) mass is 311 g/mol. The lowest BCUT2D eigenvalue weighted by Gasteiger charge is -2.09. The van der Waals surface area contributed by atoms with Crippen molar-refractivity contribution in [3.8, 4) is 0 Å². The number of hydrogen-bond donors (Lipinski definition) is 2. The maximum atomic E-state index is 12.9. The second kappa shape index (κ2) is 5.60. The highest BCUT2D eigenvalue weighted by molar-refractivity contribution is 9.10. The van der Waals surface area contributed by atoms with E-state index in [-0.39, 0.29) is 24.5 Å². The van der Waals surface area contributed by atoms with Crippen molar-refractivity contribution < 1.29 is 17.9 Å². The van der Waals surface area contributed by atoms with Crippen molar-refractivity contribution >= 4 is 31.6 Å². The lowest BCUT2D eigenvalue weighted by atomic mass is 10.3. The van der Waals surface area contributed by atoms with Crippen LogP contribution in [-0.4, -0.2) is 25.9 Å². The Labute approximate surface area is 102 Å². The molecule has 0 radical (unpaired) electrons. The van der Waals surface area contributed by atoms with Crippen LogP contribution in [0.3, 0.4) is 0 Å². The molecule has 0 bridgehead atoms. The van der Waals surface area contributed by atoms with Crippen LogP contribution in [0.1, 0.15) is 6.42 Å². The van der Waals surface area contributed by atoms with Crippen molar-refractivity contribution in [3.05, 3.63) is 28.5 Å². The van der Waals surface area contributed by atoms with Crippen LogP contribution in [0.2, 0.25) is 0 Å². The summed E-state index contributed by atoms with van der Waals surface area (Å²) in [4.78, 5) is 0. The molecule has 7 heteroatoms. The summed E-state index contributed by atoms with van der Waals surface area (Å²) in [6.45, 7) is -0.203. The topological polar surface area (TPSA) is 66.4 Å². The van der Waals surface area contributed by atoms with Gasteiger partial charge in [-0.15, -0.1) is 0 Å². The molecule has 0 aliphatic carbocycles. The molecule has 0 atom stereocenters. The summed E-state index contributed by atoms with van der Waals surface area (Å²) >= 11 is 3.11. The zero-order chi connectivity index (χ0) is 12.2. The molecule has 0 saturated carbocycles. The Morgan fingerprint density at radius 2 is 2.12 bits per heavy atom. The zero-order valence-corrected chi connectivity index (χ0v) is 10.7. The Balaban J connectivity index is 2.83. The molecule has 2 N–H and O–H groups in total. The normalized spacial score (nSPS) is 11.4. The van der Waals surface area contributed by atoms with Gasteiger partial charge in [0.2, 0.25) is 10.0 Å². The third kappa shape index (κ3) is 4.07. The van der Waals surface area contributed by atoms with Gasteiger partial charge in [0.25, 0.3) is 0 Å². The van der Waals surface area contributed by atoms with Crippen LogP contribution in [-0.2, 0) is 10.0 Å². The van der Waals surface area contributed by atoms with E-state index in [2.05, 4.69) is 20.7 Å². The van der Waals surface area contributed by atoms with E-state index in [1.807, 2.05) is 0 Å². The van der Waals surface area contributed by atoms with Crippen LogP contribution in [0, 0.1) is 5.82 Å². The fourth-order valence-corrected chi connectivity index (χ4v) is 2.64. The fraction of sp³-hybridized carbons (Fsp3) is 0.333. The number of hydrogen-bond acceptors (Lipinski definition) is 3. The summed E-state index contributed by atoms with van der Waals surface area (Å²) in [6, 6.07) is 3.72. The Hall–Kier alpha value is -0.660. The van der Waals surface area contributed by atoms with Crippen LogP contribution in [0.25, 0.3) is 0 Å². The SMILES string of the molecule is O=S(=O)(CCCO)Nc1cc(F)ccc1Br. The minimum absolute atomic E-state index is 0.141. The maximum Gasteiger partial charge on any atom is 0.232 e. The van der Waals surface area contributed by atoms with Gasteiger partial charge < -0.3 is 5.11 Å². The predicted molar refractivity (Wildman–Crippen MR) is 63.2 cm³/mol. The van der Waals surface area contributed by atoms with Crippen LogP contribution in [0.4, 0.5) is 10.1 Å². The van der Waals surface area contributed by atoms with Crippen molar-refractivity contribution in [1.29, 1.82) is 0 Å². The van der Waals surface area contributed by atoms with Gasteiger partial charge in [-0.1, -0.05) is 0 Å². The fourth-order valence-electron chi connectivity index (χ4n) is 1.05. The van der Waals surface area contributed by atoms with E-state index in [1.165, 1.54) is 12.1 Å². The maximum absolute atomic E-state index is 12.9. The van der Waals surface area contributed by atoms with Crippen molar-refractivity contribution in [1.82, 2.24) is 0 Å². The van der Waals surface area contributed by atoms with Crippen molar-refractivity contribution in [2.24, 2.45) is 0 Å². The lowest BCUT2D eigenvalue weighted by molar-refractivity contribution is 0.295. The number of aliphatic hydroxyl groups is 1. The molecule has 0 fully saturated rings. The first-order valence-electron chi connectivity index (χ1n) is 4.51. The Morgan fingerprint density at radius 3 is 2.75 bits per heavy atom.